The van der Waals surface area contributed by atoms with Crippen molar-refractivity contribution in [1.29, 1.82) is 0 Å². The molecule has 1 fully saturated rings. The first-order valence-corrected chi connectivity index (χ1v) is 10.5. The van der Waals surface area contributed by atoms with Crippen molar-refractivity contribution in [1.82, 2.24) is 0 Å². The van der Waals surface area contributed by atoms with E-state index in [9.17, 15) is 18.0 Å². The Morgan fingerprint density at radius 1 is 1.21 bits per heavy atom. The van der Waals surface area contributed by atoms with Gasteiger partial charge in [-0.25, -0.2) is 0 Å². The number of halogens is 3. The van der Waals surface area contributed by atoms with Crippen LogP contribution in [0.5, 0.6) is 0 Å². The summed E-state index contributed by atoms with van der Waals surface area (Å²) in [5.41, 5.74) is 1.12. The number of ether oxygens (including phenoxy) is 1. The molecule has 28 heavy (non-hydrogen) atoms. The van der Waals surface area contributed by atoms with Crippen LogP contribution in [0.25, 0.3) is 0 Å². The minimum Gasteiger partial charge on any atom is -0.466 e. The predicted octanol–water partition coefficient (Wildman–Crippen LogP) is 6.93. The molecular formula is C23H33F3O2. The molecule has 0 N–H and O–H groups in total. The highest BCUT2D eigenvalue weighted by Gasteiger charge is 2.37. The Bertz CT molecular complexity index is 624. The Labute approximate surface area is 166 Å². The second-order valence-electron chi connectivity index (χ2n) is 8.24. The summed E-state index contributed by atoms with van der Waals surface area (Å²) in [6.07, 6.45) is 6.74. The average Bonchev–Trinajstić information content (AvgIpc) is 2.76. The molecule has 0 amide bonds. The van der Waals surface area contributed by atoms with E-state index in [4.69, 9.17) is 4.74 Å². The monoisotopic (exact) mass is 398 g/mol. The third-order valence-corrected chi connectivity index (χ3v) is 6.17. The van der Waals surface area contributed by atoms with Crippen LogP contribution in [0, 0.1) is 17.8 Å². The van der Waals surface area contributed by atoms with Crippen LogP contribution in [0.15, 0.2) is 34.9 Å². The fraction of sp³-hybridized carbons (Fsp3) is 0.696. The van der Waals surface area contributed by atoms with Gasteiger partial charge in [0.05, 0.1) is 12.2 Å². The zero-order valence-corrected chi connectivity index (χ0v) is 17.3. The van der Waals surface area contributed by atoms with Crippen molar-refractivity contribution in [2.45, 2.75) is 78.3 Å². The van der Waals surface area contributed by atoms with E-state index in [0.29, 0.717) is 36.9 Å². The van der Waals surface area contributed by atoms with Crippen LogP contribution in [0.1, 0.15) is 72.1 Å². The smallest absolute Gasteiger partial charge is 0.416 e. The fourth-order valence-corrected chi connectivity index (χ4v) is 3.95. The van der Waals surface area contributed by atoms with Crippen LogP contribution < -0.4 is 0 Å². The van der Waals surface area contributed by atoms with Crippen LogP contribution in [-0.2, 0) is 9.53 Å². The summed E-state index contributed by atoms with van der Waals surface area (Å²) < 4.78 is 45.4. The van der Waals surface area contributed by atoms with Gasteiger partial charge < -0.3 is 4.74 Å². The lowest BCUT2D eigenvalue weighted by molar-refractivity contribution is -0.143. The summed E-state index contributed by atoms with van der Waals surface area (Å²) in [4.78, 5) is 11.4. The van der Waals surface area contributed by atoms with Gasteiger partial charge in [-0.05, 0) is 69.3 Å². The molecule has 0 spiro atoms. The number of carbonyl (C=O) groups is 1. The van der Waals surface area contributed by atoms with Crippen LogP contribution >= 0.6 is 0 Å². The predicted molar refractivity (Wildman–Crippen MR) is 106 cm³/mol. The van der Waals surface area contributed by atoms with Crippen molar-refractivity contribution in [2.75, 3.05) is 6.61 Å². The molecule has 2 unspecified atom stereocenters. The summed E-state index contributed by atoms with van der Waals surface area (Å²) >= 11 is 0. The molecule has 0 aliphatic heterocycles. The van der Waals surface area contributed by atoms with E-state index in [0.717, 1.165) is 44.1 Å². The first-order valence-electron chi connectivity index (χ1n) is 10.5. The van der Waals surface area contributed by atoms with Gasteiger partial charge in [-0.15, -0.1) is 0 Å². The first kappa shape index (κ1) is 22.8. The lowest BCUT2D eigenvalue weighted by Crippen LogP contribution is -2.20. The third-order valence-electron chi connectivity index (χ3n) is 6.17. The van der Waals surface area contributed by atoms with Gasteiger partial charge in [0.25, 0.3) is 0 Å². The Hall–Kier alpha value is -1.52. The zero-order valence-electron chi connectivity index (χ0n) is 17.3. The van der Waals surface area contributed by atoms with E-state index in [2.05, 4.69) is 13.8 Å². The van der Waals surface area contributed by atoms with Gasteiger partial charge in [0.2, 0.25) is 0 Å². The van der Waals surface area contributed by atoms with Crippen molar-refractivity contribution in [3.05, 3.63) is 34.9 Å². The standard InChI is InChI=1S/C23H33F3O2/c1-4-28-22(27)10-5-7-16(2)17(3)15-18-11-13-20(19-8-6-9-19)21(14-12-18)23(24,25)26/h11-12,14,16-17,19H,4-10,13,15H2,1-3H3. The van der Waals surface area contributed by atoms with Gasteiger partial charge in [0, 0.05) is 6.42 Å². The maximum Gasteiger partial charge on any atom is 0.416 e. The SMILES string of the molecule is CCOC(=O)CCCC(C)C(C)CC1=CCC(C2CCC2)=C(C(F)(F)F)C=C1. The van der Waals surface area contributed by atoms with Crippen LogP contribution in [-0.4, -0.2) is 18.8 Å². The normalized spacial score (nSPS) is 20.3. The van der Waals surface area contributed by atoms with E-state index < -0.39 is 11.7 Å². The van der Waals surface area contributed by atoms with Gasteiger partial charge >= 0.3 is 12.1 Å². The van der Waals surface area contributed by atoms with Gasteiger partial charge in [-0.2, -0.15) is 13.2 Å². The van der Waals surface area contributed by atoms with Crippen LogP contribution in [0.4, 0.5) is 13.2 Å². The number of allylic oxidation sites excluding steroid dienone is 6. The molecule has 0 heterocycles. The van der Waals surface area contributed by atoms with Crippen molar-refractivity contribution >= 4 is 5.97 Å². The zero-order chi connectivity index (χ0) is 20.7. The third kappa shape index (κ3) is 6.52. The number of carbonyl (C=O) groups excluding carboxylic acids is 1. The highest BCUT2D eigenvalue weighted by molar-refractivity contribution is 5.69. The Morgan fingerprint density at radius 3 is 2.50 bits per heavy atom. The Balaban J connectivity index is 1.92. The molecule has 1 saturated carbocycles. The summed E-state index contributed by atoms with van der Waals surface area (Å²) in [7, 11) is 0. The quantitative estimate of drug-likeness (QED) is 0.394. The highest BCUT2D eigenvalue weighted by Crippen LogP contribution is 2.43. The first-order chi connectivity index (χ1) is 13.2. The minimum absolute atomic E-state index is 0.0936. The molecule has 2 nitrogen and oxygen atoms in total. The number of hydrogen-bond donors (Lipinski definition) is 0. The second-order valence-corrected chi connectivity index (χ2v) is 8.24. The van der Waals surface area contributed by atoms with Crippen molar-refractivity contribution < 1.29 is 22.7 Å². The van der Waals surface area contributed by atoms with Crippen LogP contribution in [0.2, 0.25) is 0 Å². The molecule has 5 heteroatoms. The summed E-state index contributed by atoms with van der Waals surface area (Å²) in [5.74, 6) is 0.674. The van der Waals surface area contributed by atoms with Crippen molar-refractivity contribution in [3.8, 4) is 0 Å². The van der Waals surface area contributed by atoms with E-state index in [1.54, 1.807) is 13.0 Å². The van der Waals surface area contributed by atoms with E-state index in [-0.39, 0.29) is 11.9 Å². The number of rotatable bonds is 9. The maximum absolute atomic E-state index is 13.5. The molecule has 2 atom stereocenters. The minimum atomic E-state index is -4.28. The molecule has 2 aliphatic carbocycles. The van der Waals surface area contributed by atoms with Gasteiger partial charge in [0.1, 0.15) is 0 Å². The molecule has 0 aromatic heterocycles. The van der Waals surface area contributed by atoms with E-state index in [1.807, 2.05) is 6.08 Å². The van der Waals surface area contributed by atoms with Gasteiger partial charge in [-0.1, -0.05) is 43.6 Å². The lowest BCUT2D eigenvalue weighted by atomic mass is 9.76. The molecule has 0 aromatic carbocycles. The summed E-state index contributed by atoms with van der Waals surface area (Å²) in [5, 5.41) is 0. The molecule has 2 aliphatic rings. The summed E-state index contributed by atoms with van der Waals surface area (Å²) in [6.45, 7) is 6.49. The molecule has 0 radical (unpaired) electrons. The molecular weight excluding hydrogens is 365 g/mol. The van der Waals surface area contributed by atoms with Crippen LogP contribution in [0.3, 0.4) is 0 Å². The van der Waals surface area contributed by atoms with E-state index >= 15 is 0 Å². The lowest BCUT2D eigenvalue weighted by Gasteiger charge is -2.30. The maximum atomic E-state index is 13.5. The number of hydrogen-bond acceptors (Lipinski definition) is 2. The topological polar surface area (TPSA) is 26.3 Å². The molecule has 0 bridgehead atoms. The number of esters is 1. The molecule has 0 saturated heterocycles. The Kier molecular flexibility index (Phi) is 8.38. The van der Waals surface area contributed by atoms with Crippen molar-refractivity contribution in [2.24, 2.45) is 17.8 Å². The van der Waals surface area contributed by atoms with Gasteiger partial charge in [-0.3, -0.25) is 4.79 Å². The van der Waals surface area contributed by atoms with Crippen molar-refractivity contribution in [3.63, 3.8) is 0 Å². The van der Waals surface area contributed by atoms with Gasteiger partial charge in [0.15, 0.2) is 0 Å². The molecule has 0 aromatic rings. The highest BCUT2D eigenvalue weighted by atomic mass is 19.4. The second kappa shape index (κ2) is 10.3. The van der Waals surface area contributed by atoms with E-state index in [1.165, 1.54) is 6.08 Å². The number of alkyl halides is 3. The molecule has 158 valence electrons. The largest absolute Gasteiger partial charge is 0.466 e. The summed E-state index contributed by atoms with van der Waals surface area (Å²) in [6, 6.07) is 0. The fourth-order valence-electron chi connectivity index (χ4n) is 3.95. The molecule has 2 rings (SSSR count). The Morgan fingerprint density at radius 2 is 1.93 bits per heavy atom. The average molecular weight is 399 g/mol.